The third-order valence-corrected chi connectivity index (χ3v) is 2.58. The van der Waals surface area contributed by atoms with Gasteiger partial charge in [0, 0.05) is 12.6 Å². The van der Waals surface area contributed by atoms with E-state index in [9.17, 15) is 5.11 Å². The molecule has 0 spiro atoms. The van der Waals surface area contributed by atoms with Crippen LogP contribution in [0.15, 0.2) is 10.7 Å². The Balaban J connectivity index is 2.50. The van der Waals surface area contributed by atoms with Crippen LogP contribution < -0.4 is 5.32 Å². The first-order valence-corrected chi connectivity index (χ1v) is 6.49. The number of aromatic nitrogens is 2. The van der Waals surface area contributed by atoms with Gasteiger partial charge in [0.15, 0.2) is 0 Å². The summed E-state index contributed by atoms with van der Waals surface area (Å²) in [7, 11) is 0. The van der Waals surface area contributed by atoms with Crippen molar-refractivity contribution < 1.29 is 5.11 Å². The van der Waals surface area contributed by atoms with Gasteiger partial charge in [0.2, 0.25) is 0 Å². The van der Waals surface area contributed by atoms with Gasteiger partial charge in [0.05, 0.1) is 6.10 Å². The molecule has 1 unspecified atom stereocenters. The van der Waals surface area contributed by atoms with Crippen LogP contribution in [0.4, 0.5) is 5.82 Å². The molecule has 0 aliphatic rings. The molecule has 0 amide bonds. The van der Waals surface area contributed by atoms with Crippen LogP contribution in [0, 0.1) is 12.3 Å². The summed E-state index contributed by atoms with van der Waals surface area (Å²) < 4.78 is 0.748. The fourth-order valence-corrected chi connectivity index (χ4v) is 2.10. The lowest BCUT2D eigenvalue weighted by Gasteiger charge is -2.22. The topological polar surface area (TPSA) is 58.0 Å². The number of nitrogens with zero attached hydrogens (tertiary/aromatic N) is 2. The number of hydrogen-bond acceptors (Lipinski definition) is 4. The summed E-state index contributed by atoms with van der Waals surface area (Å²) in [6.45, 7) is 8.67. The zero-order valence-electron chi connectivity index (χ0n) is 10.8. The van der Waals surface area contributed by atoms with Crippen molar-refractivity contribution in [3.63, 3.8) is 0 Å². The standard InChI is InChI=1S/C12H20BrN3O/c1-8-15-10(13)5-11(16-8)14-7-9(17)6-12(2,3)4/h5,9,17H,6-7H2,1-4H3,(H,14,15,16). The average Bonchev–Trinajstić information content (AvgIpc) is 2.10. The molecule has 1 aromatic rings. The third kappa shape index (κ3) is 5.98. The van der Waals surface area contributed by atoms with E-state index in [1.807, 2.05) is 6.92 Å². The summed E-state index contributed by atoms with van der Waals surface area (Å²) in [5, 5.41) is 13.0. The largest absolute Gasteiger partial charge is 0.391 e. The van der Waals surface area contributed by atoms with Crippen molar-refractivity contribution in [3.8, 4) is 0 Å². The van der Waals surface area contributed by atoms with E-state index in [4.69, 9.17) is 0 Å². The molecule has 0 aliphatic carbocycles. The number of nitrogens with one attached hydrogen (secondary N) is 1. The number of hydrogen-bond donors (Lipinski definition) is 2. The Morgan fingerprint density at radius 3 is 2.59 bits per heavy atom. The fourth-order valence-electron chi connectivity index (χ4n) is 1.62. The second-order valence-corrected chi connectivity index (χ2v) is 6.24. The smallest absolute Gasteiger partial charge is 0.130 e. The number of aryl methyl sites for hydroxylation is 1. The molecular weight excluding hydrogens is 282 g/mol. The highest BCUT2D eigenvalue weighted by molar-refractivity contribution is 9.10. The number of halogens is 1. The van der Waals surface area contributed by atoms with Crippen LogP contribution in [0.2, 0.25) is 0 Å². The third-order valence-electron chi connectivity index (χ3n) is 2.17. The van der Waals surface area contributed by atoms with Crippen molar-refractivity contribution in [1.29, 1.82) is 0 Å². The highest BCUT2D eigenvalue weighted by Crippen LogP contribution is 2.21. The second-order valence-electron chi connectivity index (χ2n) is 5.42. The average molecular weight is 302 g/mol. The quantitative estimate of drug-likeness (QED) is 0.840. The predicted molar refractivity (Wildman–Crippen MR) is 73.0 cm³/mol. The fraction of sp³-hybridized carbons (Fsp3) is 0.667. The first-order valence-electron chi connectivity index (χ1n) is 5.69. The van der Waals surface area contributed by atoms with Crippen LogP contribution in [0.1, 0.15) is 33.0 Å². The summed E-state index contributed by atoms with van der Waals surface area (Å²) in [4.78, 5) is 8.36. The van der Waals surface area contributed by atoms with Gasteiger partial charge in [-0.15, -0.1) is 0 Å². The summed E-state index contributed by atoms with van der Waals surface area (Å²) in [5.41, 5.74) is 0.128. The molecular formula is C12H20BrN3O. The molecule has 17 heavy (non-hydrogen) atoms. The van der Waals surface area contributed by atoms with Crippen molar-refractivity contribution in [2.75, 3.05) is 11.9 Å². The molecule has 96 valence electrons. The minimum atomic E-state index is -0.371. The molecule has 4 nitrogen and oxygen atoms in total. The van der Waals surface area contributed by atoms with Gasteiger partial charge in [-0.1, -0.05) is 20.8 Å². The summed E-state index contributed by atoms with van der Waals surface area (Å²) in [5.74, 6) is 1.43. The Bertz CT molecular complexity index is 356. The Hall–Kier alpha value is -0.680. The van der Waals surface area contributed by atoms with E-state index >= 15 is 0 Å². The SMILES string of the molecule is Cc1nc(Br)cc(NCC(O)CC(C)(C)C)n1. The molecule has 0 saturated carbocycles. The molecule has 0 bridgehead atoms. The maximum absolute atomic E-state index is 9.87. The lowest BCUT2D eigenvalue weighted by Crippen LogP contribution is -2.25. The summed E-state index contributed by atoms with van der Waals surface area (Å²) >= 11 is 3.32. The molecule has 1 atom stereocenters. The van der Waals surface area contributed by atoms with E-state index in [2.05, 4.69) is 52.0 Å². The van der Waals surface area contributed by atoms with Gasteiger partial charge >= 0.3 is 0 Å². The van der Waals surface area contributed by atoms with Crippen molar-refractivity contribution in [1.82, 2.24) is 9.97 Å². The molecule has 5 heteroatoms. The van der Waals surface area contributed by atoms with E-state index in [1.54, 1.807) is 6.07 Å². The Kier molecular flexibility index (Phi) is 4.89. The molecule has 0 fully saturated rings. The molecule has 0 aromatic carbocycles. The van der Waals surface area contributed by atoms with Gasteiger partial charge in [-0.2, -0.15) is 0 Å². The normalized spacial score (nSPS) is 13.5. The van der Waals surface area contributed by atoms with Crippen molar-refractivity contribution in [3.05, 3.63) is 16.5 Å². The molecule has 0 saturated heterocycles. The zero-order valence-corrected chi connectivity index (χ0v) is 12.4. The Morgan fingerprint density at radius 1 is 1.41 bits per heavy atom. The monoisotopic (exact) mass is 301 g/mol. The van der Waals surface area contributed by atoms with Crippen molar-refractivity contribution in [2.24, 2.45) is 5.41 Å². The maximum atomic E-state index is 9.87. The van der Waals surface area contributed by atoms with Crippen LogP contribution >= 0.6 is 15.9 Å². The molecule has 0 aliphatic heterocycles. The van der Waals surface area contributed by atoms with Gasteiger partial charge in [0.1, 0.15) is 16.2 Å². The first kappa shape index (κ1) is 14.4. The second kappa shape index (κ2) is 5.78. The number of rotatable bonds is 4. The number of aliphatic hydroxyl groups excluding tert-OH is 1. The van der Waals surface area contributed by atoms with Crippen LogP contribution in [0.5, 0.6) is 0 Å². The van der Waals surface area contributed by atoms with Gasteiger partial charge in [-0.05, 0) is 34.7 Å². The van der Waals surface area contributed by atoms with E-state index in [0.717, 1.165) is 16.8 Å². The molecule has 1 heterocycles. The molecule has 2 N–H and O–H groups in total. The number of anilines is 1. The Morgan fingerprint density at radius 2 is 2.06 bits per heavy atom. The minimum absolute atomic E-state index is 0.128. The summed E-state index contributed by atoms with van der Waals surface area (Å²) in [6.07, 6.45) is 0.384. The minimum Gasteiger partial charge on any atom is -0.391 e. The van der Waals surface area contributed by atoms with Crippen LogP contribution in [-0.2, 0) is 0 Å². The molecule has 1 rings (SSSR count). The van der Waals surface area contributed by atoms with Crippen LogP contribution in [0.3, 0.4) is 0 Å². The van der Waals surface area contributed by atoms with Crippen molar-refractivity contribution >= 4 is 21.7 Å². The van der Waals surface area contributed by atoms with Crippen LogP contribution in [-0.4, -0.2) is 27.7 Å². The predicted octanol–water partition coefficient (Wildman–Crippen LogP) is 2.76. The van der Waals surface area contributed by atoms with E-state index in [1.165, 1.54) is 0 Å². The Labute approximate surface area is 111 Å². The zero-order chi connectivity index (χ0) is 13.1. The van der Waals surface area contributed by atoms with Gasteiger partial charge in [0.25, 0.3) is 0 Å². The lowest BCUT2D eigenvalue weighted by molar-refractivity contribution is 0.132. The summed E-state index contributed by atoms with van der Waals surface area (Å²) in [6, 6.07) is 1.80. The lowest BCUT2D eigenvalue weighted by atomic mass is 9.89. The molecule has 0 radical (unpaired) electrons. The van der Waals surface area contributed by atoms with E-state index in [-0.39, 0.29) is 11.5 Å². The van der Waals surface area contributed by atoms with Gasteiger partial charge in [-0.3, -0.25) is 0 Å². The molecule has 1 aromatic heterocycles. The van der Waals surface area contributed by atoms with Gasteiger partial charge < -0.3 is 10.4 Å². The van der Waals surface area contributed by atoms with Crippen molar-refractivity contribution in [2.45, 2.75) is 40.2 Å². The van der Waals surface area contributed by atoms with Gasteiger partial charge in [-0.25, -0.2) is 9.97 Å². The number of aliphatic hydroxyl groups is 1. The highest BCUT2D eigenvalue weighted by Gasteiger charge is 2.16. The highest BCUT2D eigenvalue weighted by atomic mass is 79.9. The maximum Gasteiger partial charge on any atom is 0.130 e. The van der Waals surface area contributed by atoms with E-state index < -0.39 is 0 Å². The first-order chi connectivity index (χ1) is 7.76. The van der Waals surface area contributed by atoms with E-state index in [0.29, 0.717) is 12.4 Å². The van der Waals surface area contributed by atoms with Crippen LogP contribution in [0.25, 0.3) is 0 Å².